The molecule has 0 aliphatic rings. The Bertz CT molecular complexity index is 103. The van der Waals surface area contributed by atoms with Crippen LogP contribution in [0.4, 0.5) is 0 Å². The fourth-order valence-electron chi connectivity index (χ4n) is 1.45. The summed E-state index contributed by atoms with van der Waals surface area (Å²) in [6.07, 6.45) is 12.6. The van der Waals surface area contributed by atoms with Crippen molar-refractivity contribution in [3.63, 3.8) is 0 Å². The van der Waals surface area contributed by atoms with Crippen molar-refractivity contribution in [1.29, 1.82) is 0 Å². The first-order valence-corrected chi connectivity index (χ1v) is 5.42. The van der Waals surface area contributed by atoms with Crippen LogP contribution in [0.3, 0.4) is 0 Å². The molecule has 0 radical (unpaired) electrons. The summed E-state index contributed by atoms with van der Waals surface area (Å²) < 4.78 is 0. The van der Waals surface area contributed by atoms with Crippen molar-refractivity contribution in [3.05, 3.63) is 12.2 Å². The lowest BCUT2D eigenvalue weighted by Crippen LogP contribution is -1.93. The molecule has 0 aliphatic heterocycles. The van der Waals surface area contributed by atoms with E-state index in [1.165, 1.54) is 38.5 Å². The van der Waals surface area contributed by atoms with Gasteiger partial charge >= 0.3 is 0 Å². The summed E-state index contributed by atoms with van der Waals surface area (Å²) in [5.74, 6) is 0.940. The molecule has 0 nitrogen and oxygen atoms in total. The van der Waals surface area contributed by atoms with E-state index >= 15 is 0 Å². The van der Waals surface area contributed by atoms with E-state index in [1.54, 1.807) is 0 Å². The number of hydrogen-bond donors (Lipinski definition) is 0. The highest BCUT2D eigenvalue weighted by Gasteiger charge is 1.99. The fourth-order valence-corrected chi connectivity index (χ4v) is 1.45. The quantitative estimate of drug-likeness (QED) is 0.386. The van der Waals surface area contributed by atoms with Gasteiger partial charge in [0, 0.05) is 0 Å². The van der Waals surface area contributed by atoms with Crippen LogP contribution < -0.4 is 0 Å². The summed E-state index contributed by atoms with van der Waals surface area (Å²) in [7, 11) is 0. The van der Waals surface area contributed by atoms with E-state index in [4.69, 9.17) is 0 Å². The standard InChI is InChI=1S/C12H24/c1-4-6-8-9-11-12(3)10-7-5-2/h4,6,12H,5,7-11H2,1-3H3/b6-4+. The Balaban J connectivity index is 3.13. The maximum atomic E-state index is 2.38. The third kappa shape index (κ3) is 7.84. The Labute approximate surface area is 78.1 Å². The maximum absolute atomic E-state index is 2.38. The molecule has 0 N–H and O–H groups in total. The van der Waals surface area contributed by atoms with E-state index in [-0.39, 0.29) is 0 Å². The molecular weight excluding hydrogens is 144 g/mol. The molecule has 0 heteroatoms. The molecule has 0 spiro atoms. The number of unbranched alkanes of at least 4 members (excludes halogenated alkanes) is 2. The van der Waals surface area contributed by atoms with Crippen LogP contribution in [0.1, 0.15) is 59.3 Å². The van der Waals surface area contributed by atoms with Crippen molar-refractivity contribution in [2.45, 2.75) is 59.3 Å². The molecule has 0 aromatic carbocycles. The minimum absolute atomic E-state index is 0.940. The van der Waals surface area contributed by atoms with Crippen LogP contribution in [0.25, 0.3) is 0 Å². The molecule has 0 heterocycles. The van der Waals surface area contributed by atoms with E-state index in [1.807, 2.05) is 0 Å². The van der Waals surface area contributed by atoms with Crippen LogP contribution >= 0.6 is 0 Å². The van der Waals surface area contributed by atoms with Gasteiger partial charge in [0.1, 0.15) is 0 Å². The molecule has 72 valence electrons. The van der Waals surface area contributed by atoms with Crippen LogP contribution in [0.15, 0.2) is 12.2 Å². The van der Waals surface area contributed by atoms with Gasteiger partial charge in [0.05, 0.1) is 0 Å². The smallest absolute Gasteiger partial charge is 0.0351 e. The average molecular weight is 168 g/mol. The zero-order valence-corrected chi connectivity index (χ0v) is 8.97. The van der Waals surface area contributed by atoms with Gasteiger partial charge in [-0.05, 0) is 25.7 Å². The van der Waals surface area contributed by atoms with Crippen molar-refractivity contribution in [1.82, 2.24) is 0 Å². The SMILES string of the molecule is C/C=C/CCCC(C)CCCC. The van der Waals surface area contributed by atoms with E-state index in [2.05, 4.69) is 32.9 Å². The highest BCUT2D eigenvalue weighted by atomic mass is 14.0. The first kappa shape index (κ1) is 11.7. The molecule has 0 aromatic rings. The van der Waals surface area contributed by atoms with Crippen LogP contribution in [0, 0.1) is 5.92 Å². The molecule has 0 fully saturated rings. The number of allylic oxidation sites excluding steroid dienone is 2. The topological polar surface area (TPSA) is 0 Å². The normalized spacial score (nSPS) is 13.9. The van der Waals surface area contributed by atoms with Gasteiger partial charge in [0.25, 0.3) is 0 Å². The molecule has 0 bridgehead atoms. The second kappa shape index (κ2) is 8.83. The van der Waals surface area contributed by atoms with Crippen molar-refractivity contribution >= 4 is 0 Å². The van der Waals surface area contributed by atoms with Gasteiger partial charge in [-0.1, -0.05) is 51.7 Å². The summed E-state index contributed by atoms with van der Waals surface area (Å²) in [5.41, 5.74) is 0. The summed E-state index contributed by atoms with van der Waals surface area (Å²) in [5, 5.41) is 0. The highest BCUT2D eigenvalue weighted by molar-refractivity contribution is 4.76. The lowest BCUT2D eigenvalue weighted by Gasteiger charge is -2.08. The second-order valence-electron chi connectivity index (χ2n) is 3.75. The van der Waals surface area contributed by atoms with Gasteiger partial charge in [0.15, 0.2) is 0 Å². The minimum atomic E-state index is 0.940. The zero-order chi connectivity index (χ0) is 9.23. The van der Waals surface area contributed by atoms with Gasteiger partial charge < -0.3 is 0 Å². The van der Waals surface area contributed by atoms with Crippen LogP contribution in [-0.4, -0.2) is 0 Å². The Morgan fingerprint density at radius 1 is 1.17 bits per heavy atom. The molecule has 1 unspecified atom stereocenters. The number of hydrogen-bond acceptors (Lipinski definition) is 0. The van der Waals surface area contributed by atoms with Gasteiger partial charge in [-0.2, -0.15) is 0 Å². The van der Waals surface area contributed by atoms with Crippen LogP contribution in [-0.2, 0) is 0 Å². The minimum Gasteiger partial charge on any atom is -0.0917 e. The molecule has 0 rings (SSSR count). The predicted octanol–water partition coefficient (Wildman–Crippen LogP) is 4.56. The summed E-state index contributed by atoms with van der Waals surface area (Å²) in [6.45, 7) is 6.75. The summed E-state index contributed by atoms with van der Waals surface area (Å²) >= 11 is 0. The zero-order valence-electron chi connectivity index (χ0n) is 8.97. The largest absolute Gasteiger partial charge is 0.0917 e. The van der Waals surface area contributed by atoms with Crippen LogP contribution in [0.5, 0.6) is 0 Å². The lowest BCUT2D eigenvalue weighted by atomic mass is 9.98. The first-order chi connectivity index (χ1) is 5.81. The summed E-state index contributed by atoms with van der Waals surface area (Å²) in [6, 6.07) is 0. The van der Waals surface area contributed by atoms with Gasteiger partial charge in [0.2, 0.25) is 0 Å². The third-order valence-corrected chi connectivity index (χ3v) is 2.35. The van der Waals surface area contributed by atoms with Crippen molar-refractivity contribution in [3.8, 4) is 0 Å². The average Bonchev–Trinajstić information content (AvgIpc) is 2.09. The molecular formula is C12H24. The molecule has 1 atom stereocenters. The van der Waals surface area contributed by atoms with E-state index in [9.17, 15) is 0 Å². The Morgan fingerprint density at radius 2 is 1.83 bits per heavy atom. The van der Waals surface area contributed by atoms with Crippen molar-refractivity contribution in [2.75, 3.05) is 0 Å². The van der Waals surface area contributed by atoms with E-state index < -0.39 is 0 Å². The van der Waals surface area contributed by atoms with Gasteiger partial charge in [-0.3, -0.25) is 0 Å². The fraction of sp³-hybridized carbons (Fsp3) is 0.833. The van der Waals surface area contributed by atoms with Crippen molar-refractivity contribution < 1.29 is 0 Å². The van der Waals surface area contributed by atoms with Gasteiger partial charge in [-0.25, -0.2) is 0 Å². The lowest BCUT2D eigenvalue weighted by molar-refractivity contribution is 0.459. The maximum Gasteiger partial charge on any atom is -0.0351 e. The number of rotatable bonds is 7. The molecule has 0 aliphatic carbocycles. The Kier molecular flexibility index (Phi) is 8.64. The Hall–Kier alpha value is -0.260. The van der Waals surface area contributed by atoms with Crippen molar-refractivity contribution in [2.24, 2.45) is 5.92 Å². The molecule has 0 amide bonds. The second-order valence-corrected chi connectivity index (χ2v) is 3.75. The Morgan fingerprint density at radius 3 is 2.42 bits per heavy atom. The molecule has 0 aromatic heterocycles. The third-order valence-electron chi connectivity index (χ3n) is 2.35. The monoisotopic (exact) mass is 168 g/mol. The van der Waals surface area contributed by atoms with Crippen LogP contribution in [0.2, 0.25) is 0 Å². The molecule has 0 saturated carbocycles. The van der Waals surface area contributed by atoms with Gasteiger partial charge in [-0.15, -0.1) is 0 Å². The van der Waals surface area contributed by atoms with E-state index in [0.29, 0.717) is 0 Å². The predicted molar refractivity (Wildman–Crippen MR) is 57.4 cm³/mol. The summed E-state index contributed by atoms with van der Waals surface area (Å²) in [4.78, 5) is 0. The highest BCUT2D eigenvalue weighted by Crippen LogP contribution is 2.14. The first-order valence-electron chi connectivity index (χ1n) is 5.42. The van der Waals surface area contributed by atoms with E-state index in [0.717, 1.165) is 5.92 Å². The molecule has 12 heavy (non-hydrogen) atoms. The molecule has 0 saturated heterocycles.